The van der Waals surface area contributed by atoms with Crippen LogP contribution in [0.4, 0.5) is 5.69 Å². The van der Waals surface area contributed by atoms with Gasteiger partial charge in [0.1, 0.15) is 6.61 Å². The second kappa shape index (κ2) is 9.47. The van der Waals surface area contributed by atoms with E-state index in [9.17, 15) is 0 Å². The molecule has 0 amide bonds. The van der Waals surface area contributed by atoms with Gasteiger partial charge in [0, 0.05) is 16.7 Å². The van der Waals surface area contributed by atoms with Crippen LogP contribution in [0, 0.1) is 6.92 Å². The van der Waals surface area contributed by atoms with E-state index in [4.69, 9.17) is 9.47 Å². The van der Waals surface area contributed by atoms with Crippen LogP contribution in [0.1, 0.15) is 23.6 Å². The minimum Gasteiger partial charge on any atom is -0.490 e. The number of nitrogens with one attached hydrogen (secondary N) is 1. The Morgan fingerprint density at radius 2 is 1.67 bits per heavy atom. The van der Waals surface area contributed by atoms with Crippen molar-refractivity contribution in [1.82, 2.24) is 0 Å². The van der Waals surface area contributed by atoms with Gasteiger partial charge in [-0.3, -0.25) is 0 Å². The highest BCUT2D eigenvalue weighted by molar-refractivity contribution is 9.10. The minimum atomic E-state index is 0.510. The molecule has 3 rings (SSSR count). The molecule has 0 aliphatic heterocycles. The van der Waals surface area contributed by atoms with Gasteiger partial charge in [0.05, 0.1) is 6.61 Å². The maximum Gasteiger partial charge on any atom is 0.162 e. The topological polar surface area (TPSA) is 30.5 Å². The molecule has 27 heavy (non-hydrogen) atoms. The summed E-state index contributed by atoms with van der Waals surface area (Å²) in [6.07, 6.45) is 0. The molecular weight excluding hydrogens is 402 g/mol. The lowest BCUT2D eigenvalue weighted by molar-refractivity contribution is 0.269. The number of anilines is 1. The van der Waals surface area contributed by atoms with Crippen molar-refractivity contribution in [2.75, 3.05) is 11.9 Å². The molecule has 0 aliphatic rings. The molecule has 0 bridgehead atoms. The summed E-state index contributed by atoms with van der Waals surface area (Å²) in [7, 11) is 0. The van der Waals surface area contributed by atoms with Crippen LogP contribution in [0.2, 0.25) is 0 Å². The van der Waals surface area contributed by atoms with Crippen molar-refractivity contribution in [1.29, 1.82) is 0 Å². The van der Waals surface area contributed by atoms with Gasteiger partial charge in [0.25, 0.3) is 0 Å². The highest BCUT2D eigenvalue weighted by atomic mass is 79.9. The number of rotatable bonds is 8. The Labute approximate surface area is 169 Å². The molecule has 0 spiro atoms. The molecule has 0 aromatic heterocycles. The zero-order valence-corrected chi connectivity index (χ0v) is 17.3. The summed E-state index contributed by atoms with van der Waals surface area (Å²) in [5.74, 6) is 1.51. The standard InChI is InChI=1S/C23H24BrNO2/c1-3-26-22-13-19(15-25-20-10-5-4-6-11-20)21(24)14-23(22)27-16-18-9-7-8-17(2)12-18/h4-14,25H,3,15-16H2,1-2H3. The highest BCUT2D eigenvalue weighted by Crippen LogP contribution is 2.34. The zero-order chi connectivity index (χ0) is 19.1. The van der Waals surface area contributed by atoms with Gasteiger partial charge in [-0.2, -0.15) is 0 Å². The average Bonchev–Trinajstić information content (AvgIpc) is 2.68. The number of halogens is 1. The molecule has 0 aliphatic carbocycles. The molecular formula is C23H24BrNO2. The highest BCUT2D eigenvalue weighted by Gasteiger charge is 2.11. The smallest absolute Gasteiger partial charge is 0.162 e. The van der Waals surface area contributed by atoms with Crippen LogP contribution in [0.5, 0.6) is 11.5 Å². The summed E-state index contributed by atoms with van der Waals surface area (Å²) in [4.78, 5) is 0. The van der Waals surface area contributed by atoms with Crippen molar-refractivity contribution in [3.63, 3.8) is 0 Å². The van der Waals surface area contributed by atoms with Crippen LogP contribution in [-0.2, 0) is 13.2 Å². The van der Waals surface area contributed by atoms with Crippen molar-refractivity contribution < 1.29 is 9.47 Å². The predicted molar refractivity (Wildman–Crippen MR) is 115 cm³/mol. The molecule has 0 atom stereocenters. The van der Waals surface area contributed by atoms with Crippen LogP contribution < -0.4 is 14.8 Å². The molecule has 3 aromatic carbocycles. The maximum atomic E-state index is 6.05. The van der Waals surface area contributed by atoms with E-state index in [1.54, 1.807) is 0 Å². The third-order valence-electron chi connectivity index (χ3n) is 4.15. The van der Waals surface area contributed by atoms with E-state index in [1.807, 2.05) is 43.3 Å². The van der Waals surface area contributed by atoms with Crippen molar-refractivity contribution in [3.8, 4) is 11.5 Å². The molecule has 0 unspecified atom stereocenters. The van der Waals surface area contributed by atoms with Gasteiger partial charge in [-0.05, 0) is 49.2 Å². The molecule has 0 saturated heterocycles. The van der Waals surface area contributed by atoms with E-state index in [-0.39, 0.29) is 0 Å². The molecule has 3 aromatic rings. The van der Waals surface area contributed by atoms with E-state index in [0.29, 0.717) is 19.8 Å². The fourth-order valence-electron chi connectivity index (χ4n) is 2.81. The molecule has 1 N–H and O–H groups in total. The van der Waals surface area contributed by atoms with Gasteiger partial charge in [-0.1, -0.05) is 64.0 Å². The summed E-state index contributed by atoms with van der Waals surface area (Å²) in [6, 6.07) is 22.5. The molecule has 0 radical (unpaired) electrons. The Morgan fingerprint density at radius 3 is 2.41 bits per heavy atom. The normalized spacial score (nSPS) is 10.5. The first-order valence-corrected chi connectivity index (χ1v) is 9.87. The van der Waals surface area contributed by atoms with Crippen LogP contribution >= 0.6 is 15.9 Å². The lowest BCUT2D eigenvalue weighted by Gasteiger charge is -2.16. The second-order valence-corrected chi connectivity index (χ2v) is 7.18. The van der Waals surface area contributed by atoms with Gasteiger partial charge >= 0.3 is 0 Å². The van der Waals surface area contributed by atoms with Crippen LogP contribution in [-0.4, -0.2) is 6.61 Å². The number of ether oxygens (including phenoxy) is 2. The summed E-state index contributed by atoms with van der Waals surface area (Å²) >= 11 is 3.67. The summed E-state index contributed by atoms with van der Waals surface area (Å²) in [5.41, 5.74) is 4.57. The Kier molecular flexibility index (Phi) is 6.77. The number of aryl methyl sites for hydroxylation is 1. The first-order chi connectivity index (χ1) is 13.2. The Morgan fingerprint density at radius 1 is 0.889 bits per heavy atom. The minimum absolute atomic E-state index is 0.510. The van der Waals surface area contributed by atoms with Gasteiger partial charge in [0.2, 0.25) is 0 Å². The van der Waals surface area contributed by atoms with Crippen LogP contribution in [0.3, 0.4) is 0 Å². The predicted octanol–water partition coefficient (Wildman–Crippen LogP) is 6.35. The fraction of sp³-hybridized carbons (Fsp3) is 0.217. The third kappa shape index (κ3) is 5.51. The lowest BCUT2D eigenvalue weighted by Crippen LogP contribution is -2.04. The Hall–Kier alpha value is -2.46. The van der Waals surface area contributed by atoms with E-state index in [0.717, 1.165) is 32.8 Å². The second-order valence-electron chi connectivity index (χ2n) is 6.32. The Balaban J connectivity index is 1.74. The first kappa shape index (κ1) is 19.3. The molecule has 3 nitrogen and oxygen atoms in total. The molecule has 4 heteroatoms. The molecule has 140 valence electrons. The monoisotopic (exact) mass is 425 g/mol. The quantitative estimate of drug-likeness (QED) is 0.456. The molecule has 0 fully saturated rings. The fourth-order valence-corrected chi connectivity index (χ4v) is 3.27. The van der Waals surface area contributed by atoms with Gasteiger partial charge in [-0.25, -0.2) is 0 Å². The SMILES string of the molecule is CCOc1cc(CNc2ccccc2)c(Br)cc1OCc1cccc(C)c1. The Bertz CT molecular complexity index is 881. The van der Waals surface area contributed by atoms with Crippen LogP contribution in [0.15, 0.2) is 71.2 Å². The summed E-state index contributed by atoms with van der Waals surface area (Å²) < 4.78 is 12.9. The van der Waals surface area contributed by atoms with Gasteiger partial charge in [0.15, 0.2) is 11.5 Å². The molecule has 0 saturated carbocycles. The maximum absolute atomic E-state index is 6.05. The van der Waals surface area contributed by atoms with Gasteiger partial charge in [-0.15, -0.1) is 0 Å². The lowest BCUT2D eigenvalue weighted by atomic mass is 10.1. The van der Waals surface area contributed by atoms with Crippen molar-refractivity contribution >= 4 is 21.6 Å². The van der Waals surface area contributed by atoms with E-state index >= 15 is 0 Å². The van der Waals surface area contributed by atoms with Crippen molar-refractivity contribution in [3.05, 3.63) is 87.9 Å². The van der Waals surface area contributed by atoms with Crippen molar-refractivity contribution in [2.24, 2.45) is 0 Å². The number of benzene rings is 3. The van der Waals surface area contributed by atoms with Crippen LogP contribution in [0.25, 0.3) is 0 Å². The first-order valence-electron chi connectivity index (χ1n) is 9.08. The molecule has 0 heterocycles. The third-order valence-corrected chi connectivity index (χ3v) is 4.88. The van der Waals surface area contributed by atoms with E-state index in [1.165, 1.54) is 5.56 Å². The van der Waals surface area contributed by atoms with Crippen molar-refractivity contribution in [2.45, 2.75) is 27.0 Å². The average molecular weight is 426 g/mol. The zero-order valence-electron chi connectivity index (χ0n) is 15.7. The summed E-state index contributed by atoms with van der Waals surface area (Å²) in [6.45, 7) is 5.86. The number of hydrogen-bond donors (Lipinski definition) is 1. The summed E-state index contributed by atoms with van der Waals surface area (Å²) in [5, 5.41) is 3.43. The number of hydrogen-bond acceptors (Lipinski definition) is 3. The number of para-hydroxylation sites is 1. The largest absolute Gasteiger partial charge is 0.490 e. The van der Waals surface area contributed by atoms with Gasteiger partial charge < -0.3 is 14.8 Å². The van der Waals surface area contributed by atoms with E-state index < -0.39 is 0 Å². The van der Waals surface area contributed by atoms with E-state index in [2.05, 4.69) is 58.5 Å².